The Balaban J connectivity index is 1.60. The zero-order valence-electron chi connectivity index (χ0n) is 16.9. The summed E-state index contributed by atoms with van der Waals surface area (Å²) in [6, 6.07) is 30.5. The second-order valence-corrected chi connectivity index (χ2v) is 7.17. The summed E-state index contributed by atoms with van der Waals surface area (Å²) in [5.41, 5.74) is 2.81. The topological polar surface area (TPSA) is 48.4 Å². The van der Waals surface area contributed by atoms with E-state index in [9.17, 15) is 4.79 Å². The number of nitrogens with zero attached hydrogens (tertiary/aromatic N) is 1. The number of para-hydroxylation sites is 1. The summed E-state index contributed by atoms with van der Waals surface area (Å²) in [5.74, 6) is 0.889. The van der Waals surface area contributed by atoms with Gasteiger partial charge in [0, 0.05) is 16.3 Å². The molecule has 0 aliphatic carbocycles. The van der Waals surface area contributed by atoms with Crippen LogP contribution in [-0.4, -0.2) is 18.1 Å². The number of carbonyl (C=O) groups is 1. The Bertz CT molecular complexity index is 1400. The second-order valence-electron chi connectivity index (χ2n) is 7.17. The normalized spacial score (nSPS) is 10.9. The molecule has 0 radical (unpaired) electrons. The molecule has 1 heterocycles. The lowest BCUT2D eigenvalue weighted by molar-refractivity contribution is 0.0739. The number of rotatable bonds is 4. The lowest BCUT2D eigenvalue weighted by atomic mass is 10.0. The van der Waals surface area contributed by atoms with E-state index in [2.05, 4.69) is 0 Å². The fourth-order valence-corrected chi connectivity index (χ4v) is 3.69. The number of methoxy groups -OCH3 is 1. The summed E-state index contributed by atoms with van der Waals surface area (Å²) < 4.78 is 11.1. The van der Waals surface area contributed by atoms with E-state index in [4.69, 9.17) is 14.5 Å². The van der Waals surface area contributed by atoms with E-state index in [0.717, 1.165) is 33.0 Å². The third kappa shape index (κ3) is 3.60. The predicted octanol–water partition coefficient (Wildman–Crippen LogP) is 6.28. The molecule has 4 heteroatoms. The summed E-state index contributed by atoms with van der Waals surface area (Å²) in [5, 5.41) is 2.67. The number of fused-ring (bicyclic) bond motifs is 2. The van der Waals surface area contributed by atoms with Gasteiger partial charge < -0.3 is 9.47 Å². The van der Waals surface area contributed by atoms with Crippen LogP contribution in [0.1, 0.15) is 10.4 Å². The van der Waals surface area contributed by atoms with Gasteiger partial charge in [-0.2, -0.15) is 0 Å². The van der Waals surface area contributed by atoms with Crippen LogP contribution in [0, 0.1) is 0 Å². The van der Waals surface area contributed by atoms with Crippen LogP contribution in [-0.2, 0) is 0 Å². The van der Waals surface area contributed by atoms with Crippen LogP contribution in [0.3, 0.4) is 0 Å². The molecule has 4 nitrogen and oxygen atoms in total. The second kappa shape index (κ2) is 7.92. The predicted molar refractivity (Wildman–Crippen MR) is 123 cm³/mol. The van der Waals surface area contributed by atoms with Gasteiger partial charge in [0.15, 0.2) is 0 Å². The van der Waals surface area contributed by atoms with Crippen molar-refractivity contribution >= 4 is 27.6 Å². The number of esters is 1. The number of benzene rings is 4. The fourth-order valence-electron chi connectivity index (χ4n) is 3.69. The number of ether oxygens (including phenoxy) is 2. The van der Waals surface area contributed by atoms with Crippen molar-refractivity contribution in [3.63, 3.8) is 0 Å². The lowest BCUT2D eigenvalue weighted by Crippen LogP contribution is -2.10. The van der Waals surface area contributed by atoms with Gasteiger partial charge >= 0.3 is 5.97 Å². The van der Waals surface area contributed by atoms with Gasteiger partial charge in [-0.15, -0.1) is 0 Å². The third-order valence-corrected chi connectivity index (χ3v) is 5.27. The molecule has 5 aromatic rings. The first-order valence-corrected chi connectivity index (χ1v) is 9.97. The molecule has 0 N–H and O–H groups in total. The first kappa shape index (κ1) is 18.8. The SMILES string of the molecule is COc1ccc(-c2cc(C(=O)Oc3cccc4ccccc34)c3ccccc3n2)cc1. The quantitative estimate of drug-likeness (QED) is 0.261. The Kier molecular flexibility index (Phi) is 4.81. The molecular weight excluding hydrogens is 386 g/mol. The highest BCUT2D eigenvalue weighted by Crippen LogP contribution is 2.29. The summed E-state index contributed by atoms with van der Waals surface area (Å²) in [6.07, 6.45) is 0. The van der Waals surface area contributed by atoms with Gasteiger partial charge in [0.2, 0.25) is 0 Å². The highest BCUT2D eigenvalue weighted by molar-refractivity contribution is 6.06. The Morgan fingerprint density at radius 1 is 0.774 bits per heavy atom. The molecule has 0 aliphatic rings. The molecular formula is C27H19NO3. The number of pyridine rings is 1. The van der Waals surface area contributed by atoms with E-state index in [-0.39, 0.29) is 0 Å². The molecule has 1 aromatic heterocycles. The van der Waals surface area contributed by atoms with Crippen molar-refractivity contribution in [3.05, 3.63) is 103 Å². The van der Waals surface area contributed by atoms with E-state index in [1.165, 1.54) is 0 Å². The molecule has 0 spiro atoms. The van der Waals surface area contributed by atoms with Crippen molar-refractivity contribution in [1.29, 1.82) is 0 Å². The number of hydrogen-bond donors (Lipinski definition) is 0. The van der Waals surface area contributed by atoms with E-state index in [1.807, 2.05) is 91.0 Å². The highest BCUT2D eigenvalue weighted by Gasteiger charge is 2.17. The highest BCUT2D eigenvalue weighted by atomic mass is 16.5. The summed E-state index contributed by atoms with van der Waals surface area (Å²) in [7, 11) is 1.63. The molecule has 0 aliphatic heterocycles. The van der Waals surface area contributed by atoms with Crippen LogP contribution >= 0.6 is 0 Å². The van der Waals surface area contributed by atoms with Crippen LogP contribution < -0.4 is 9.47 Å². The van der Waals surface area contributed by atoms with Crippen LogP contribution in [0.5, 0.6) is 11.5 Å². The number of aromatic nitrogens is 1. The van der Waals surface area contributed by atoms with Gasteiger partial charge in [-0.05, 0) is 47.9 Å². The Morgan fingerprint density at radius 3 is 2.29 bits per heavy atom. The van der Waals surface area contributed by atoms with Gasteiger partial charge in [-0.25, -0.2) is 9.78 Å². The van der Waals surface area contributed by atoms with Crippen molar-refractivity contribution in [3.8, 4) is 22.8 Å². The standard InChI is InChI=1S/C27H19NO3/c1-30-20-15-13-19(14-16-20)25-17-23(22-10-4-5-11-24(22)28-25)27(29)31-26-12-6-8-18-7-2-3-9-21(18)26/h2-17H,1H3. The minimum Gasteiger partial charge on any atom is -0.497 e. The Labute approximate surface area is 179 Å². The maximum absolute atomic E-state index is 13.3. The molecule has 31 heavy (non-hydrogen) atoms. The lowest BCUT2D eigenvalue weighted by Gasteiger charge is -2.11. The molecule has 0 atom stereocenters. The third-order valence-electron chi connectivity index (χ3n) is 5.27. The Morgan fingerprint density at radius 2 is 1.48 bits per heavy atom. The van der Waals surface area contributed by atoms with Gasteiger partial charge in [0.05, 0.1) is 23.9 Å². The van der Waals surface area contributed by atoms with Gasteiger partial charge in [-0.1, -0.05) is 54.6 Å². The van der Waals surface area contributed by atoms with Gasteiger partial charge in [-0.3, -0.25) is 0 Å². The molecule has 0 saturated heterocycles. The van der Waals surface area contributed by atoms with E-state index in [0.29, 0.717) is 17.0 Å². The van der Waals surface area contributed by atoms with E-state index >= 15 is 0 Å². The summed E-state index contributed by atoms with van der Waals surface area (Å²) in [6.45, 7) is 0. The van der Waals surface area contributed by atoms with Crippen LogP contribution in [0.2, 0.25) is 0 Å². The molecule has 150 valence electrons. The molecule has 0 bridgehead atoms. The molecule has 0 amide bonds. The van der Waals surface area contributed by atoms with Crippen LogP contribution in [0.25, 0.3) is 32.9 Å². The monoisotopic (exact) mass is 405 g/mol. The van der Waals surface area contributed by atoms with Gasteiger partial charge in [0.1, 0.15) is 11.5 Å². The maximum atomic E-state index is 13.3. The van der Waals surface area contributed by atoms with Crippen molar-refractivity contribution < 1.29 is 14.3 Å². The minimum absolute atomic E-state index is 0.412. The van der Waals surface area contributed by atoms with Gasteiger partial charge in [0.25, 0.3) is 0 Å². The summed E-state index contributed by atoms with van der Waals surface area (Å²) in [4.78, 5) is 18.0. The molecule has 0 fully saturated rings. The van der Waals surface area contributed by atoms with Crippen LogP contribution in [0.4, 0.5) is 0 Å². The molecule has 0 unspecified atom stereocenters. The van der Waals surface area contributed by atoms with E-state index < -0.39 is 5.97 Å². The van der Waals surface area contributed by atoms with Crippen molar-refractivity contribution in [1.82, 2.24) is 4.98 Å². The smallest absolute Gasteiger partial charge is 0.344 e. The van der Waals surface area contributed by atoms with Crippen LogP contribution in [0.15, 0.2) is 97.1 Å². The first-order chi connectivity index (χ1) is 15.2. The fraction of sp³-hybridized carbons (Fsp3) is 0.0370. The first-order valence-electron chi connectivity index (χ1n) is 9.97. The van der Waals surface area contributed by atoms with Crippen molar-refractivity contribution in [2.45, 2.75) is 0 Å². The summed E-state index contributed by atoms with van der Waals surface area (Å²) >= 11 is 0. The minimum atomic E-state index is -0.412. The number of hydrogen-bond acceptors (Lipinski definition) is 4. The zero-order chi connectivity index (χ0) is 21.2. The Hall–Kier alpha value is -4.18. The molecule has 5 rings (SSSR count). The average molecular weight is 405 g/mol. The van der Waals surface area contributed by atoms with E-state index in [1.54, 1.807) is 13.2 Å². The van der Waals surface area contributed by atoms with Crippen molar-refractivity contribution in [2.75, 3.05) is 7.11 Å². The largest absolute Gasteiger partial charge is 0.497 e. The molecule has 0 saturated carbocycles. The zero-order valence-corrected chi connectivity index (χ0v) is 16.9. The van der Waals surface area contributed by atoms with Crippen molar-refractivity contribution in [2.24, 2.45) is 0 Å². The maximum Gasteiger partial charge on any atom is 0.344 e. The molecule has 4 aromatic carbocycles. The average Bonchev–Trinajstić information content (AvgIpc) is 2.83. The number of carbonyl (C=O) groups excluding carboxylic acids is 1.